The topological polar surface area (TPSA) is 99.2 Å². The number of fused-ring (bicyclic) bond motifs is 1. The Kier molecular flexibility index (Phi) is 7.68. The lowest BCUT2D eigenvalue weighted by atomic mass is 9.99. The Bertz CT molecular complexity index is 1140. The van der Waals surface area contributed by atoms with Crippen molar-refractivity contribution >= 4 is 21.6 Å². The molecule has 0 spiro atoms. The van der Waals surface area contributed by atoms with E-state index in [1.807, 2.05) is 6.92 Å². The molecule has 1 amide bonds. The molecule has 2 N–H and O–H groups in total. The number of aliphatic hydroxyl groups excluding tert-OH is 1. The van der Waals surface area contributed by atoms with Gasteiger partial charge in [0.05, 0.1) is 23.1 Å². The molecular formula is C26H35N3O5S. The van der Waals surface area contributed by atoms with Gasteiger partial charge in [-0.05, 0) is 63.1 Å². The zero-order chi connectivity index (χ0) is 25.2. The first-order chi connectivity index (χ1) is 16.7. The predicted octanol–water partition coefficient (Wildman–Crippen LogP) is 3.05. The van der Waals surface area contributed by atoms with Crippen molar-refractivity contribution in [3.8, 4) is 5.75 Å². The highest BCUT2D eigenvalue weighted by molar-refractivity contribution is 7.92. The Balaban J connectivity index is 1.64. The van der Waals surface area contributed by atoms with Gasteiger partial charge in [-0.2, -0.15) is 0 Å². The van der Waals surface area contributed by atoms with Crippen LogP contribution in [0.5, 0.6) is 5.75 Å². The highest BCUT2D eigenvalue weighted by Gasteiger charge is 2.34. The number of hydrogen-bond acceptors (Lipinski definition) is 6. The summed E-state index contributed by atoms with van der Waals surface area (Å²) in [6.45, 7) is 5.88. The molecule has 1 saturated carbocycles. The molecule has 0 radical (unpaired) electrons. The van der Waals surface area contributed by atoms with E-state index in [9.17, 15) is 18.3 Å². The largest absolute Gasteiger partial charge is 0.488 e. The molecular weight excluding hydrogens is 466 g/mol. The van der Waals surface area contributed by atoms with Gasteiger partial charge in [0.2, 0.25) is 0 Å². The number of anilines is 1. The van der Waals surface area contributed by atoms with Crippen LogP contribution in [0.1, 0.15) is 37.0 Å². The molecule has 0 bridgehead atoms. The highest BCUT2D eigenvalue weighted by Crippen LogP contribution is 2.32. The second-order valence-electron chi connectivity index (χ2n) is 9.92. The van der Waals surface area contributed by atoms with Crippen molar-refractivity contribution in [3.63, 3.8) is 0 Å². The third-order valence-corrected chi connectivity index (χ3v) is 8.13. The van der Waals surface area contributed by atoms with Gasteiger partial charge in [-0.15, -0.1) is 0 Å². The molecule has 3 atom stereocenters. The average Bonchev–Trinajstić information content (AvgIpc) is 3.65. The number of benzene rings is 2. The van der Waals surface area contributed by atoms with Crippen molar-refractivity contribution in [1.29, 1.82) is 0 Å². The summed E-state index contributed by atoms with van der Waals surface area (Å²) in [7, 11) is -1.72. The number of hydrogen-bond donors (Lipinski definition) is 2. The molecule has 1 aliphatic heterocycles. The van der Waals surface area contributed by atoms with Crippen LogP contribution in [0.4, 0.5) is 5.69 Å². The number of nitrogens with one attached hydrogen (secondary N) is 1. The van der Waals surface area contributed by atoms with E-state index in [2.05, 4.69) is 23.6 Å². The summed E-state index contributed by atoms with van der Waals surface area (Å²) >= 11 is 0. The lowest BCUT2D eigenvalue weighted by Crippen LogP contribution is -2.50. The molecule has 8 nitrogen and oxygen atoms in total. The van der Waals surface area contributed by atoms with Crippen LogP contribution in [-0.2, 0) is 10.0 Å². The summed E-state index contributed by atoms with van der Waals surface area (Å²) in [6.07, 6.45) is 2.38. The first-order valence-corrected chi connectivity index (χ1v) is 13.6. The Labute approximate surface area is 207 Å². The van der Waals surface area contributed by atoms with Gasteiger partial charge >= 0.3 is 0 Å². The summed E-state index contributed by atoms with van der Waals surface area (Å²) in [6, 6.07) is 12.5. The van der Waals surface area contributed by atoms with Gasteiger partial charge < -0.3 is 19.6 Å². The quantitative estimate of drug-likeness (QED) is 0.548. The number of ether oxygens (including phenoxy) is 1. The van der Waals surface area contributed by atoms with Gasteiger partial charge in [0.15, 0.2) is 0 Å². The Morgan fingerprint density at radius 2 is 1.89 bits per heavy atom. The van der Waals surface area contributed by atoms with E-state index in [0.717, 1.165) is 19.0 Å². The molecule has 2 aromatic rings. The third kappa shape index (κ3) is 6.15. The van der Waals surface area contributed by atoms with Crippen molar-refractivity contribution in [1.82, 2.24) is 9.80 Å². The molecule has 4 rings (SSSR count). The van der Waals surface area contributed by atoms with E-state index in [1.165, 1.54) is 31.0 Å². The Morgan fingerprint density at radius 3 is 2.54 bits per heavy atom. The van der Waals surface area contributed by atoms with Crippen molar-refractivity contribution < 1.29 is 23.1 Å². The van der Waals surface area contributed by atoms with Crippen LogP contribution in [0, 0.1) is 11.8 Å². The van der Waals surface area contributed by atoms with E-state index in [-0.39, 0.29) is 46.7 Å². The number of carbonyl (C=O) groups excluding carboxylic acids is 1. The molecule has 2 aliphatic rings. The molecule has 0 saturated heterocycles. The fraction of sp³-hybridized carbons (Fsp3) is 0.500. The predicted molar refractivity (Wildman–Crippen MR) is 135 cm³/mol. The lowest BCUT2D eigenvalue weighted by molar-refractivity contribution is 0.0344. The molecule has 35 heavy (non-hydrogen) atoms. The zero-order valence-electron chi connectivity index (χ0n) is 20.6. The van der Waals surface area contributed by atoms with Crippen LogP contribution in [0.2, 0.25) is 0 Å². The highest BCUT2D eigenvalue weighted by atomic mass is 32.2. The van der Waals surface area contributed by atoms with E-state index in [4.69, 9.17) is 4.74 Å². The maximum Gasteiger partial charge on any atom is 0.261 e. The summed E-state index contributed by atoms with van der Waals surface area (Å²) in [5, 5.41) is 9.83. The summed E-state index contributed by atoms with van der Waals surface area (Å²) in [4.78, 5) is 17.6. The molecule has 9 heteroatoms. The monoisotopic (exact) mass is 501 g/mol. The van der Waals surface area contributed by atoms with E-state index in [1.54, 1.807) is 35.2 Å². The molecule has 1 fully saturated rings. The van der Waals surface area contributed by atoms with Gasteiger partial charge in [0.25, 0.3) is 15.9 Å². The second-order valence-corrected chi connectivity index (χ2v) is 11.6. The van der Waals surface area contributed by atoms with Crippen LogP contribution < -0.4 is 9.46 Å². The van der Waals surface area contributed by atoms with Gasteiger partial charge in [-0.1, -0.05) is 25.1 Å². The Hall–Kier alpha value is -2.62. The molecule has 1 aliphatic carbocycles. The van der Waals surface area contributed by atoms with Crippen LogP contribution in [0.25, 0.3) is 0 Å². The van der Waals surface area contributed by atoms with Crippen molar-refractivity contribution in [2.45, 2.75) is 43.7 Å². The Morgan fingerprint density at radius 1 is 1.17 bits per heavy atom. The number of carbonyl (C=O) groups is 1. The summed E-state index contributed by atoms with van der Waals surface area (Å²) in [5.74, 6) is 0.922. The summed E-state index contributed by atoms with van der Waals surface area (Å²) in [5.41, 5.74) is 0.553. The van der Waals surface area contributed by atoms with Crippen LogP contribution >= 0.6 is 0 Å². The van der Waals surface area contributed by atoms with E-state index in [0.29, 0.717) is 12.3 Å². The number of likely N-dealkylation sites (N-methyl/N-ethyl adjacent to an activating group) is 1. The van der Waals surface area contributed by atoms with Crippen molar-refractivity contribution in [2.24, 2.45) is 11.8 Å². The number of amides is 1. The zero-order valence-corrected chi connectivity index (χ0v) is 21.4. The van der Waals surface area contributed by atoms with Crippen LogP contribution in [0.3, 0.4) is 0 Å². The summed E-state index contributed by atoms with van der Waals surface area (Å²) < 4.78 is 34.6. The van der Waals surface area contributed by atoms with Gasteiger partial charge in [-0.25, -0.2) is 8.42 Å². The number of sulfonamides is 1. The van der Waals surface area contributed by atoms with Gasteiger partial charge in [0.1, 0.15) is 11.9 Å². The number of rotatable bonds is 9. The van der Waals surface area contributed by atoms with Crippen LogP contribution in [0.15, 0.2) is 53.4 Å². The molecule has 190 valence electrons. The minimum Gasteiger partial charge on any atom is -0.488 e. The maximum atomic E-state index is 13.6. The maximum absolute atomic E-state index is 13.6. The minimum absolute atomic E-state index is 0.0408. The van der Waals surface area contributed by atoms with Crippen molar-refractivity contribution in [3.05, 3.63) is 54.1 Å². The second kappa shape index (κ2) is 10.6. The third-order valence-electron chi connectivity index (χ3n) is 6.73. The fourth-order valence-electron chi connectivity index (χ4n) is 4.44. The van der Waals surface area contributed by atoms with E-state index < -0.39 is 10.0 Å². The SMILES string of the molecule is C[C@H](CO)N1C[C@H](C)[C@@H](CN(C)CC2CC2)Oc2ccc(NS(=O)(=O)c3ccccc3)cc2C1=O. The standard InChI is InChI=1S/C26H35N3O5S/c1-18-14-29(19(2)17-30)26(31)23-13-21(27-35(32,33)22-7-5-4-6-8-22)11-12-24(23)34-25(18)16-28(3)15-20-9-10-20/h4-8,11-13,18-20,25,27,30H,9-10,14-17H2,1-3H3/t18-,19+,25+/m0/s1. The normalized spacial score (nSPS) is 21.6. The first kappa shape index (κ1) is 25.5. The van der Waals surface area contributed by atoms with Crippen LogP contribution in [-0.4, -0.2) is 74.7 Å². The first-order valence-electron chi connectivity index (χ1n) is 12.2. The number of nitrogens with zero attached hydrogens (tertiary/aromatic N) is 2. The molecule has 2 aromatic carbocycles. The average molecular weight is 502 g/mol. The van der Waals surface area contributed by atoms with Crippen molar-refractivity contribution in [2.75, 3.05) is 38.0 Å². The molecule has 0 aromatic heterocycles. The van der Waals surface area contributed by atoms with E-state index >= 15 is 0 Å². The lowest BCUT2D eigenvalue weighted by Gasteiger charge is -2.38. The fourth-order valence-corrected chi connectivity index (χ4v) is 5.51. The molecule has 0 unspecified atom stereocenters. The van der Waals surface area contributed by atoms with Gasteiger partial charge in [-0.3, -0.25) is 9.52 Å². The number of aliphatic hydroxyl groups is 1. The van der Waals surface area contributed by atoms with Gasteiger partial charge in [0, 0.05) is 31.2 Å². The minimum atomic E-state index is -3.81. The molecule has 1 heterocycles. The smallest absolute Gasteiger partial charge is 0.261 e.